The number of nitrogens with zero attached hydrogens (tertiary/aromatic N) is 4. The Bertz CT molecular complexity index is 1810. The van der Waals surface area contributed by atoms with E-state index >= 15 is 0 Å². The second-order valence-electron chi connectivity index (χ2n) is 11.0. The lowest BCUT2D eigenvalue weighted by molar-refractivity contribution is -0.137. The smallest absolute Gasteiger partial charge is 0.367 e. The fourth-order valence-electron chi connectivity index (χ4n) is 5.36. The molecule has 0 unspecified atom stereocenters. The topological polar surface area (TPSA) is 123 Å². The van der Waals surface area contributed by atoms with Crippen molar-refractivity contribution in [2.24, 2.45) is 5.73 Å². The van der Waals surface area contributed by atoms with Crippen molar-refractivity contribution in [2.75, 3.05) is 16.0 Å². The van der Waals surface area contributed by atoms with E-state index in [1.807, 2.05) is 41.8 Å². The molecule has 2 heterocycles. The van der Waals surface area contributed by atoms with Crippen LogP contribution in [0.1, 0.15) is 47.2 Å². The Morgan fingerprint density at radius 1 is 0.955 bits per heavy atom. The Balaban J connectivity index is 1.28. The summed E-state index contributed by atoms with van der Waals surface area (Å²) in [7, 11) is 0. The number of hydrogen-bond donors (Lipinski definition) is 4. The van der Waals surface area contributed by atoms with Crippen LogP contribution in [0, 0.1) is 6.92 Å². The van der Waals surface area contributed by atoms with E-state index in [-0.39, 0.29) is 17.6 Å². The van der Waals surface area contributed by atoms with Gasteiger partial charge in [0, 0.05) is 35.1 Å². The fourth-order valence-corrected chi connectivity index (χ4v) is 5.36. The number of nitrogens with one attached hydrogen (secondary N) is 3. The van der Waals surface area contributed by atoms with Crippen LogP contribution in [0.15, 0.2) is 79.1 Å². The molecule has 0 atom stereocenters. The zero-order chi connectivity index (χ0) is 30.8. The summed E-state index contributed by atoms with van der Waals surface area (Å²) >= 11 is 0. The Morgan fingerprint density at radius 2 is 1.75 bits per heavy atom. The van der Waals surface area contributed by atoms with Crippen LogP contribution >= 0.6 is 0 Å². The van der Waals surface area contributed by atoms with E-state index in [1.54, 1.807) is 18.2 Å². The lowest BCUT2D eigenvalue weighted by Gasteiger charge is -2.27. The van der Waals surface area contributed by atoms with Crippen LogP contribution in [-0.2, 0) is 6.18 Å². The molecule has 44 heavy (non-hydrogen) atoms. The van der Waals surface area contributed by atoms with Crippen molar-refractivity contribution in [3.8, 4) is 5.82 Å². The van der Waals surface area contributed by atoms with Gasteiger partial charge in [-0.05, 0) is 80.6 Å². The lowest BCUT2D eigenvalue weighted by atomic mass is 9.92. The zero-order valence-electron chi connectivity index (χ0n) is 23.9. The number of nitrogens with two attached hydrogens (primary N) is 1. The van der Waals surface area contributed by atoms with Crippen LogP contribution in [0.2, 0.25) is 0 Å². The lowest BCUT2D eigenvalue weighted by Crippen LogP contribution is -2.33. The standard InChI is InChI=1S/C32H31F3N8O/c1-19-9-12-24(40-30(44)20-5-4-6-21(15-20)32(33,34)35)16-26(19)42-31-41-25-7-2-3-8-27(25)43(31)29-17-28(37-18-38-29)39-23-13-10-22(36)11-14-23/h2-9,12,15-18,22-23H,10-11,13-14,36H2,1H3,(H,40,44)(H,41,42)(H,37,38,39). The molecule has 1 aliphatic rings. The maximum Gasteiger partial charge on any atom is 0.416 e. The van der Waals surface area contributed by atoms with E-state index in [2.05, 4.69) is 25.9 Å². The van der Waals surface area contributed by atoms with Crippen LogP contribution in [0.4, 0.5) is 36.3 Å². The summed E-state index contributed by atoms with van der Waals surface area (Å²) in [5.41, 5.74) is 8.58. The number of aromatic nitrogens is 4. The maximum atomic E-state index is 13.2. The molecule has 6 rings (SSSR count). The monoisotopic (exact) mass is 600 g/mol. The largest absolute Gasteiger partial charge is 0.416 e. The first-order chi connectivity index (χ1) is 21.1. The summed E-state index contributed by atoms with van der Waals surface area (Å²) in [5.74, 6) is 1.15. The number of rotatable bonds is 7. The van der Waals surface area contributed by atoms with E-state index in [0.29, 0.717) is 29.0 Å². The molecule has 1 saturated carbocycles. The minimum absolute atomic E-state index is 0.0963. The van der Waals surface area contributed by atoms with Crippen molar-refractivity contribution in [1.29, 1.82) is 0 Å². The molecule has 0 bridgehead atoms. The van der Waals surface area contributed by atoms with E-state index in [0.717, 1.165) is 54.4 Å². The highest BCUT2D eigenvalue weighted by Crippen LogP contribution is 2.32. The van der Waals surface area contributed by atoms with Crippen molar-refractivity contribution in [1.82, 2.24) is 19.5 Å². The molecule has 0 saturated heterocycles. The Hall–Kier alpha value is -4.97. The number of alkyl halides is 3. The van der Waals surface area contributed by atoms with Crippen LogP contribution in [0.25, 0.3) is 16.9 Å². The normalized spacial score (nSPS) is 16.9. The van der Waals surface area contributed by atoms with Gasteiger partial charge in [-0.1, -0.05) is 24.3 Å². The first-order valence-corrected chi connectivity index (χ1v) is 14.3. The van der Waals surface area contributed by atoms with Gasteiger partial charge in [-0.3, -0.25) is 9.36 Å². The third-order valence-electron chi connectivity index (χ3n) is 7.76. The number of benzene rings is 3. The van der Waals surface area contributed by atoms with E-state index in [4.69, 9.17) is 10.7 Å². The van der Waals surface area contributed by atoms with Crippen molar-refractivity contribution < 1.29 is 18.0 Å². The maximum absolute atomic E-state index is 13.2. The average Bonchev–Trinajstić information content (AvgIpc) is 3.37. The molecule has 12 heteroatoms. The molecular formula is C32H31F3N8O. The van der Waals surface area contributed by atoms with Gasteiger partial charge in [0.2, 0.25) is 5.95 Å². The number of hydrogen-bond acceptors (Lipinski definition) is 7. The van der Waals surface area contributed by atoms with Gasteiger partial charge in [0.05, 0.1) is 16.6 Å². The summed E-state index contributed by atoms with van der Waals surface area (Å²) in [6.45, 7) is 1.90. The summed E-state index contributed by atoms with van der Waals surface area (Å²) in [5, 5.41) is 9.59. The number of anilines is 4. The van der Waals surface area contributed by atoms with Crippen molar-refractivity contribution in [3.05, 3.63) is 95.8 Å². The van der Waals surface area contributed by atoms with E-state index < -0.39 is 17.6 Å². The molecule has 9 nitrogen and oxygen atoms in total. The number of carbonyl (C=O) groups excluding carboxylic acids is 1. The third-order valence-corrected chi connectivity index (χ3v) is 7.76. The molecule has 1 aliphatic carbocycles. The second kappa shape index (κ2) is 12.0. The van der Waals surface area contributed by atoms with E-state index in [9.17, 15) is 18.0 Å². The highest BCUT2D eigenvalue weighted by Gasteiger charge is 2.31. The van der Waals surface area contributed by atoms with Crippen LogP contribution in [-0.4, -0.2) is 37.5 Å². The van der Waals surface area contributed by atoms with Crippen molar-refractivity contribution >= 4 is 40.1 Å². The number of imidazole rings is 1. The number of carbonyl (C=O) groups is 1. The number of halogens is 3. The van der Waals surface area contributed by atoms with Gasteiger partial charge in [0.1, 0.15) is 18.0 Å². The zero-order valence-corrected chi connectivity index (χ0v) is 23.9. The SMILES string of the molecule is Cc1ccc(NC(=O)c2cccc(C(F)(F)F)c2)cc1Nc1nc2ccccc2n1-c1cc(NC2CCC(N)CC2)ncn1. The highest BCUT2D eigenvalue weighted by atomic mass is 19.4. The molecule has 3 aromatic carbocycles. The minimum atomic E-state index is -4.55. The molecule has 1 amide bonds. The highest BCUT2D eigenvalue weighted by molar-refractivity contribution is 6.04. The Kier molecular flexibility index (Phi) is 7.92. The fraction of sp³-hybridized carbons (Fsp3) is 0.250. The molecule has 0 aliphatic heterocycles. The predicted octanol–water partition coefficient (Wildman–Crippen LogP) is 6.82. The van der Waals surface area contributed by atoms with Gasteiger partial charge in [-0.2, -0.15) is 13.2 Å². The van der Waals surface area contributed by atoms with Crippen LogP contribution in [0.5, 0.6) is 0 Å². The molecular weight excluding hydrogens is 569 g/mol. The van der Waals surface area contributed by atoms with Gasteiger partial charge in [0.25, 0.3) is 5.91 Å². The van der Waals surface area contributed by atoms with Gasteiger partial charge in [0.15, 0.2) is 0 Å². The quantitative estimate of drug-likeness (QED) is 0.162. The van der Waals surface area contributed by atoms with E-state index in [1.165, 1.54) is 18.5 Å². The first-order valence-electron chi connectivity index (χ1n) is 14.3. The van der Waals surface area contributed by atoms with Gasteiger partial charge in [-0.25, -0.2) is 15.0 Å². The minimum Gasteiger partial charge on any atom is -0.367 e. The molecule has 5 N–H and O–H groups in total. The molecule has 0 radical (unpaired) electrons. The molecule has 1 fully saturated rings. The number of para-hydroxylation sites is 2. The summed E-state index contributed by atoms with van der Waals surface area (Å²) in [6.07, 6.45) is 0.846. The van der Waals surface area contributed by atoms with Gasteiger partial charge >= 0.3 is 6.18 Å². The van der Waals surface area contributed by atoms with Gasteiger partial charge in [-0.15, -0.1) is 0 Å². The number of amides is 1. The Labute approximate surface area is 251 Å². The van der Waals surface area contributed by atoms with Crippen molar-refractivity contribution in [3.63, 3.8) is 0 Å². The average molecular weight is 601 g/mol. The van der Waals surface area contributed by atoms with Crippen LogP contribution in [0.3, 0.4) is 0 Å². The third kappa shape index (κ3) is 6.35. The Morgan fingerprint density at radius 3 is 2.55 bits per heavy atom. The number of fused-ring (bicyclic) bond motifs is 1. The molecule has 0 spiro atoms. The number of aryl methyl sites for hydroxylation is 1. The molecule has 226 valence electrons. The second-order valence-corrected chi connectivity index (χ2v) is 11.0. The molecule has 2 aromatic heterocycles. The van der Waals surface area contributed by atoms with Crippen LogP contribution < -0.4 is 21.7 Å². The molecule has 5 aromatic rings. The van der Waals surface area contributed by atoms with Gasteiger partial charge < -0.3 is 21.7 Å². The predicted molar refractivity (Wildman–Crippen MR) is 164 cm³/mol. The first kappa shape index (κ1) is 29.1. The van der Waals surface area contributed by atoms with Crippen molar-refractivity contribution in [2.45, 2.75) is 50.9 Å². The summed E-state index contributed by atoms with van der Waals surface area (Å²) in [6, 6.07) is 19.6. The summed E-state index contributed by atoms with van der Waals surface area (Å²) < 4.78 is 41.4. The summed E-state index contributed by atoms with van der Waals surface area (Å²) in [4.78, 5) is 26.7.